The molecule has 30 heavy (non-hydrogen) atoms. The zero-order chi connectivity index (χ0) is 21.5. The number of amides is 3. The average Bonchev–Trinajstić information content (AvgIpc) is 3.18. The molecule has 8 heteroatoms. The molecule has 2 N–H and O–H groups in total. The molecule has 2 atom stereocenters. The van der Waals surface area contributed by atoms with Crippen molar-refractivity contribution in [3.05, 3.63) is 29.8 Å². The molecule has 0 bridgehead atoms. The molecule has 1 aromatic rings. The molecule has 1 aromatic carbocycles. The van der Waals surface area contributed by atoms with Crippen molar-refractivity contribution in [2.75, 3.05) is 24.6 Å². The molecule has 1 heterocycles. The molecular formula is C22H29N3O5. The Hall–Kier alpha value is -2.90. The summed E-state index contributed by atoms with van der Waals surface area (Å²) < 4.78 is 4.96. The number of hydrogen-bond acceptors (Lipinski definition) is 5. The first-order valence-corrected chi connectivity index (χ1v) is 10.6. The first-order chi connectivity index (χ1) is 14.4. The van der Waals surface area contributed by atoms with Crippen LogP contribution in [0, 0.1) is 5.92 Å². The number of carbonyl (C=O) groups excluding carboxylic acids is 4. The Morgan fingerprint density at radius 1 is 1.10 bits per heavy atom. The van der Waals surface area contributed by atoms with E-state index in [1.54, 1.807) is 29.2 Å². The van der Waals surface area contributed by atoms with Gasteiger partial charge >= 0.3 is 5.97 Å². The zero-order valence-electron chi connectivity index (χ0n) is 17.3. The molecule has 3 amide bonds. The van der Waals surface area contributed by atoms with Crippen molar-refractivity contribution < 1.29 is 23.9 Å². The Bertz CT molecular complexity index is 792. The number of benzene rings is 1. The van der Waals surface area contributed by atoms with E-state index >= 15 is 0 Å². The van der Waals surface area contributed by atoms with Gasteiger partial charge in [0.1, 0.15) is 6.54 Å². The van der Waals surface area contributed by atoms with Gasteiger partial charge in [-0.3, -0.25) is 19.2 Å². The first-order valence-electron chi connectivity index (χ1n) is 10.6. The maximum absolute atomic E-state index is 12.2. The van der Waals surface area contributed by atoms with Gasteiger partial charge in [-0.2, -0.15) is 0 Å². The van der Waals surface area contributed by atoms with Crippen LogP contribution in [0.3, 0.4) is 0 Å². The number of nitrogens with zero attached hydrogens (tertiary/aromatic N) is 1. The molecule has 0 radical (unpaired) electrons. The summed E-state index contributed by atoms with van der Waals surface area (Å²) in [4.78, 5) is 49.5. The predicted octanol–water partition coefficient (Wildman–Crippen LogP) is 1.78. The molecule has 2 fully saturated rings. The van der Waals surface area contributed by atoms with Gasteiger partial charge in [0.2, 0.25) is 5.91 Å². The average molecular weight is 415 g/mol. The number of ether oxygens (including phenoxy) is 1. The minimum atomic E-state index is -0.672. The molecule has 3 rings (SSSR count). The second-order valence-electron chi connectivity index (χ2n) is 7.97. The standard InChI is InChI=1S/C22H29N3O5/c1-15-5-2-3-6-18(15)24-19(26)14-30-21(28)13-23-22(29)16-8-10-17(11-9-16)25-12-4-7-20(25)27/h8-11,15,18H,2-7,12-14H2,1H3,(H,23,29)(H,24,26)/t15-,18-/m0/s1. The van der Waals surface area contributed by atoms with Crippen molar-refractivity contribution in [3.63, 3.8) is 0 Å². The van der Waals surface area contributed by atoms with E-state index in [4.69, 9.17) is 4.74 Å². The summed E-state index contributed by atoms with van der Waals surface area (Å²) in [6, 6.07) is 6.78. The number of esters is 1. The summed E-state index contributed by atoms with van der Waals surface area (Å²) in [6.45, 7) is 2.12. The number of anilines is 1. The van der Waals surface area contributed by atoms with E-state index in [1.165, 1.54) is 6.42 Å². The van der Waals surface area contributed by atoms with Crippen LogP contribution in [0.2, 0.25) is 0 Å². The van der Waals surface area contributed by atoms with Gasteiger partial charge < -0.3 is 20.3 Å². The molecule has 1 aliphatic carbocycles. The highest BCUT2D eigenvalue weighted by atomic mass is 16.5. The van der Waals surface area contributed by atoms with E-state index < -0.39 is 11.9 Å². The summed E-state index contributed by atoms with van der Waals surface area (Å²) in [5, 5.41) is 5.40. The third kappa shape index (κ3) is 5.81. The van der Waals surface area contributed by atoms with Crippen molar-refractivity contribution in [1.82, 2.24) is 10.6 Å². The molecule has 1 saturated heterocycles. The van der Waals surface area contributed by atoms with Gasteiger partial charge in [-0.05, 0) is 49.4 Å². The molecule has 162 valence electrons. The minimum absolute atomic E-state index is 0.0805. The van der Waals surface area contributed by atoms with Crippen LogP contribution >= 0.6 is 0 Å². The number of rotatable bonds is 7. The second-order valence-corrected chi connectivity index (χ2v) is 7.97. The fourth-order valence-electron chi connectivity index (χ4n) is 3.94. The molecular weight excluding hydrogens is 386 g/mol. The lowest BCUT2D eigenvalue weighted by atomic mass is 9.86. The van der Waals surface area contributed by atoms with Gasteiger partial charge in [-0.25, -0.2) is 0 Å². The monoisotopic (exact) mass is 415 g/mol. The molecule has 1 saturated carbocycles. The topological polar surface area (TPSA) is 105 Å². The van der Waals surface area contributed by atoms with Crippen LogP contribution in [0.4, 0.5) is 5.69 Å². The van der Waals surface area contributed by atoms with E-state index in [1.807, 2.05) is 0 Å². The third-order valence-corrected chi connectivity index (χ3v) is 5.73. The Morgan fingerprint density at radius 2 is 1.83 bits per heavy atom. The lowest BCUT2D eigenvalue weighted by Gasteiger charge is -2.29. The normalized spacial score (nSPS) is 21.2. The maximum atomic E-state index is 12.2. The van der Waals surface area contributed by atoms with Gasteiger partial charge in [-0.1, -0.05) is 19.8 Å². The Labute approximate surface area is 176 Å². The molecule has 0 spiro atoms. The van der Waals surface area contributed by atoms with E-state index in [0.29, 0.717) is 24.4 Å². The van der Waals surface area contributed by atoms with Crippen molar-refractivity contribution in [2.45, 2.75) is 51.5 Å². The van der Waals surface area contributed by atoms with Gasteiger partial charge in [0, 0.05) is 30.3 Å². The minimum Gasteiger partial charge on any atom is -0.454 e. The summed E-state index contributed by atoms with van der Waals surface area (Å²) in [6.07, 6.45) is 5.69. The highest BCUT2D eigenvalue weighted by Gasteiger charge is 2.23. The van der Waals surface area contributed by atoms with E-state index in [9.17, 15) is 19.2 Å². The predicted molar refractivity (Wildman–Crippen MR) is 111 cm³/mol. The van der Waals surface area contributed by atoms with Gasteiger partial charge in [0.05, 0.1) is 0 Å². The Morgan fingerprint density at radius 3 is 2.50 bits per heavy atom. The lowest BCUT2D eigenvalue weighted by Crippen LogP contribution is -2.43. The van der Waals surface area contributed by atoms with Crippen LogP contribution in [0.1, 0.15) is 55.8 Å². The smallest absolute Gasteiger partial charge is 0.325 e. The Balaban J connectivity index is 1.38. The fraction of sp³-hybridized carbons (Fsp3) is 0.545. The molecule has 1 aliphatic heterocycles. The van der Waals surface area contributed by atoms with Gasteiger partial charge in [0.25, 0.3) is 11.8 Å². The number of carbonyl (C=O) groups is 4. The number of nitrogens with one attached hydrogen (secondary N) is 2. The van der Waals surface area contributed by atoms with Crippen molar-refractivity contribution in [3.8, 4) is 0 Å². The number of hydrogen-bond donors (Lipinski definition) is 2. The van der Waals surface area contributed by atoms with Crippen LogP contribution in [0.25, 0.3) is 0 Å². The summed E-state index contributed by atoms with van der Waals surface area (Å²) >= 11 is 0. The highest BCUT2D eigenvalue weighted by molar-refractivity contribution is 5.98. The SMILES string of the molecule is C[C@H]1CCCC[C@@H]1NC(=O)COC(=O)CNC(=O)c1ccc(N2CCCC2=O)cc1. The van der Waals surface area contributed by atoms with E-state index in [0.717, 1.165) is 31.4 Å². The fourth-order valence-corrected chi connectivity index (χ4v) is 3.94. The largest absolute Gasteiger partial charge is 0.454 e. The highest BCUT2D eigenvalue weighted by Crippen LogP contribution is 2.23. The van der Waals surface area contributed by atoms with Crippen LogP contribution in [-0.4, -0.2) is 49.4 Å². The summed E-state index contributed by atoms with van der Waals surface area (Å²) in [7, 11) is 0. The molecule has 2 aliphatic rings. The van der Waals surface area contributed by atoms with Crippen molar-refractivity contribution in [2.24, 2.45) is 5.92 Å². The van der Waals surface area contributed by atoms with Gasteiger partial charge in [-0.15, -0.1) is 0 Å². The third-order valence-electron chi connectivity index (χ3n) is 5.73. The van der Waals surface area contributed by atoms with Crippen LogP contribution in [0.15, 0.2) is 24.3 Å². The first kappa shape index (κ1) is 21.8. The quantitative estimate of drug-likeness (QED) is 0.661. The van der Waals surface area contributed by atoms with Crippen LogP contribution in [0.5, 0.6) is 0 Å². The lowest BCUT2D eigenvalue weighted by molar-refractivity contribution is -0.147. The van der Waals surface area contributed by atoms with Crippen LogP contribution < -0.4 is 15.5 Å². The molecule has 0 unspecified atom stereocenters. The van der Waals surface area contributed by atoms with Crippen molar-refractivity contribution >= 4 is 29.4 Å². The summed E-state index contributed by atoms with van der Waals surface area (Å²) in [5.41, 5.74) is 1.13. The van der Waals surface area contributed by atoms with Crippen LogP contribution in [-0.2, 0) is 19.1 Å². The van der Waals surface area contributed by atoms with E-state index in [-0.39, 0.29) is 31.0 Å². The Kier molecular flexibility index (Phi) is 7.43. The molecule has 0 aromatic heterocycles. The second kappa shape index (κ2) is 10.2. The molecule has 8 nitrogen and oxygen atoms in total. The van der Waals surface area contributed by atoms with E-state index in [2.05, 4.69) is 17.6 Å². The van der Waals surface area contributed by atoms with Crippen molar-refractivity contribution in [1.29, 1.82) is 0 Å². The zero-order valence-corrected chi connectivity index (χ0v) is 17.3. The maximum Gasteiger partial charge on any atom is 0.325 e. The van der Waals surface area contributed by atoms with Gasteiger partial charge in [0.15, 0.2) is 6.61 Å². The summed E-state index contributed by atoms with van der Waals surface area (Å²) in [5.74, 6) is -0.911.